The van der Waals surface area contributed by atoms with E-state index in [1.807, 2.05) is 17.7 Å². The second-order valence-electron chi connectivity index (χ2n) is 5.10. The molecule has 1 aromatic heterocycles. The number of aromatic nitrogens is 2. The molecule has 2 aromatic rings. The van der Waals surface area contributed by atoms with Crippen molar-refractivity contribution in [2.24, 2.45) is 0 Å². The van der Waals surface area contributed by atoms with Crippen molar-refractivity contribution >= 4 is 15.7 Å². The molecule has 2 heterocycles. The summed E-state index contributed by atoms with van der Waals surface area (Å²) >= 11 is 0. The van der Waals surface area contributed by atoms with Crippen LogP contribution < -0.4 is 5.73 Å². The molecule has 0 spiro atoms. The van der Waals surface area contributed by atoms with E-state index >= 15 is 0 Å². The van der Waals surface area contributed by atoms with Crippen LogP contribution >= 0.6 is 0 Å². The van der Waals surface area contributed by atoms with Gasteiger partial charge in [0, 0.05) is 31.2 Å². The number of aryl methyl sites for hydroxylation is 1. The van der Waals surface area contributed by atoms with Crippen LogP contribution in [0.3, 0.4) is 0 Å². The van der Waals surface area contributed by atoms with Crippen molar-refractivity contribution in [3.05, 3.63) is 42.0 Å². The monoisotopic (exact) mass is 306 g/mol. The fourth-order valence-corrected chi connectivity index (χ4v) is 4.31. The van der Waals surface area contributed by atoms with Crippen LogP contribution in [0.2, 0.25) is 0 Å². The predicted molar refractivity (Wildman–Crippen MR) is 80.1 cm³/mol. The van der Waals surface area contributed by atoms with Crippen molar-refractivity contribution in [2.45, 2.75) is 31.3 Å². The molecule has 1 aliphatic heterocycles. The van der Waals surface area contributed by atoms with E-state index in [0.29, 0.717) is 36.6 Å². The van der Waals surface area contributed by atoms with Gasteiger partial charge in [-0.1, -0.05) is 13.0 Å². The van der Waals surface area contributed by atoms with Gasteiger partial charge in [0.15, 0.2) is 0 Å². The highest BCUT2D eigenvalue weighted by molar-refractivity contribution is 7.89. The summed E-state index contributed by atoms with van der Waals surface area (Å²) in [4.78, 5) is 4.52. The minimum absolute atomic E-state index is 0.299. The van der Waals surface area contributed by atoms with E-state index in [2.05, 4.69) is 4.98 Å². The molecule has 112 valence electrons. The standard InChI is InChI=1S/C14H18N4O2S/c1-2-11-3-4-12(15)9-13(11)21(19,20)18-8-7-17-6-5-16-14(17)10-18/h3-6,9H,2,7-8,10,15H2,1H3. The SMILES string of the molecule is CCc1ccc(N)cc1S(=O)(=O)N1CCn2ccnc2C1. The largest absolute Gasteiger partial charge is 0.399 e. The van der Waals surface area contributed by atoms with Gasteiger partial charge in [0.25, 0.3) is 0 Å². The molecular formula is C14H18N4O2S. The van der Waals surface area contributed by atoms with E-state index in [0.717, 1.165) is 11.4 Å². The Labute approximate surface area is 124 Å². The molecule has 0 saturated heterocycles. The fraction of sp³-hybridized carbons (Fsp3) is 0.357. The van der Waals surface area contributed by atoms with Gasteiger partial charge in [-0.3, -0.25) is 0 Å². The van der Waals surface area contributed by atoms with Crippen LogP contribution in [0.5, 0.6) is 0 Å². The second-order valence-corrected chi connectivity index (χ2v) is 7.00. The molecule has 0 unspecified atom stereocenters. The number of hydrogen-bond acceptors (Lipinski definition) is 4. The Hall–Kier alpha value is -1.86. The maximum Gasteiger partial charge on any atom is 0.243 e. The van der Waals surface area contributed by atoms with E-state index in [-0.39, 0.29) is 0 Å². The number of nitrogens with zero attached hydrogens (tertiary/aromatic N) is 3. The quantitative estimate of drug-likeness (QED) is 0.865. The van der Waals surface area contributed by atoms with Crippen LogP contribution in [-0.2, 0) is 29.5 Å². The summed E-state index contributed by atoms with van der Waals surface area (Å²) in [6.07, 6.45) is 4.22. The Morgan fingerprint density at radius 1 is 1.33 bits per heavy atom. The topological polar surface area (TPSA) is 81.2 Å². The van der Waals surface area contributed by atoms with Gasteiger partial charge >= 0.3 is 0 Å². The molecule has 0 radical (unpaired) electrons. The van der Waals surface area contributed by atoms with Crippen LogP contribution in [0.25, 0.3) is 0 Å². The van der Waals surface area contributed by atoms with Gasteiger partial charge in [-0.15, -0.1) is 0 Å². The highest BCUT2D eigenvalue weighted by Crippen LogP contribution is 2.26. The van der Waals surface area contributed by atoms with Crippen LogP contribution in [0.4, 0.5) is 5.69 Å². The number of anilines is 1. The zero-order chi connectivity index (χ0) is 15.0. The van der Waals surface area contributed by atoms with E-state index in [9.17, 15) is 8.42 Å². The number of fused-ring (bicyclic) bond motifs is 1. The van der Waals surface area contributed by atoms with Crippen molar-refractivity contribution in [3.8, 4) is 0 Å². The van der Waals surface area contributed by atoms with Crippen LogP contribution in [0.1, 0.15) is 18.3 Å². The van der Waals surface area contributed by atoms with E-state index in [1.54, 1.807) is 24.4 Å². The van der Waals surface area contributed by atoms with Gasteiger partial charge in [0.2, 0.25) is 10.0 Å². The zero-order valence-electron chi connectivity index (χ0n) is 11.9. The first-order valence-corrected chi connectivity index (χ1v) is 8.35. The third-order valence-corrected chi connectivity index (χ3v) is 5.73. The average Bonchev–Trinajstić information content (AvgIpc) is 2.94. The Morgan fingerprint density at radius 3 is 2.90 bits per heavy atom. The number of rotatable bonds is 3. The number of hydrogen-bond donors (Lipinski definition) is 1. The number of imidazole rings is 1. The number of sulfonamides is 1. The molecule has 21 heavy (non-hydrogen) atoms. The molecule has 2 N–H and O–H groups in total. The van der Waals surface area contributed by atoms with Crippen molar-refractivity contribution in [1.29, 1.82) is 0 Å². The fourth-order valence-electron chi connectivity index (χ4n) is 2.60. The molecule has 0 bridgehead atoms. The summed E-state index contributed by atoms with van der Waals surface area (Å²) in [7, 11) is -3.55. The number of benzene rings is 1. The zero-order valence-corrected chi connectivity index (χ0v) is 12.7. The minimum Gasteiger partial charge on any atom is -0.399 e. The maximum absolute atomic E-state index is 12.9. The minimum atomic E-state index is -3.55. The van der Waals surface area contributed by atoms with E-state index in [1.165, 1.54) is 4.31 Å². The van der Waals surface area contributed by atoms with Crippen LogP contribution in [0.15, 0.2) is 35.5 Å². The van der Waals surface area contributed by atoms with Gasteiger partial charge in [-0.25, -0.2) is 13.4 Å². The second kappa shape index (κ2) is 5.16. The van der Waals surface area contributed by atoms with Crippen LogP contribution in [-0.4, -0.2) is 28.8 Å². The predicted octanol–water partition coefficient (Wildman–Crippen LogP) is 1.23. The molecule has 1 aromatic carbocycles. The first-order valence-electron chi connectivity index (χ1n) is 6.91. The first-order chi connectivity index (χ1) is 10.0. The van der Waals surface area contributed by atoms with Crippen molar-refractivity contribution in [2.75, 3.05) is 12.3 Å². The number of nitrogen functional groups attached to an aromatic ring is 1. The molecule has 7 heteroatoms. The Balaban J connectivity index is 2.00. The van der Waals surface area contributed by atoms with Gasteiger partial charge in [0.1, 0.15) is 5.82 Å². The lowest BCUT2D eigenvalue weighted by Crippen LogP contribution is -2.38. The maximum atomic E-state index is 12.9. The normalized spacial score (nSPS) is 15.9. The van der Waals surface area contributed by atoms with Gasteiger partial charge in [-0.2, -0.15) is 4.31 Å². The summed E-state index contributed by atoms with van der Waals surface area (Å²) in [6, 6.07) is 5.07. The molecular weight excluding hydrogens is 288 g/mol. The molecule has 1 aliphatic rings. The molecule has 0 saturated carbocycles. The summed E-state index contributed by atoms with van der Waals surface area (Å²) < 4.78 is 29.2. The Bertz CT molecular complexity index is 767. The number of nitrogens with two attached hydrogens (primary N) is 1. The van der Waals surface area contributed by atoms with Gasteiger partial charge < -0.3 is 10.3 Å². The Morgan fingerprint density at radius 2 is 2.14 bits per heavy atom. The van der Waals surface area contributed by atoms with Gasteiger partial charge in [-0.05, 0) is 24.1 Å². The molecule has 0 atom stereocenters. The molecule has 0 fully saturated rings. The summed E-state index contributed by atoms with van der Waals surface area (Å²) in [5.74, 6) is 0.770. The van der Waals surface area contributed by atoms with Crippen LogP contribution in [0, 0.1) is 0 Å². The lowest BCUT2D eigenvalue weighted by molar-refractivity contribution is 0.335. The molecule has 0 aliphatic carbocycles. The third-order valence-electron chi connectivity index (χ3n) is 3.80. The summed E-state index contributed by atoms with van der Waals surface area (Å²) in [5, 5.41) is 0. The molecule has 6 nitrogen and oxygen atoms in total. The Kier molecular flexibility index (Phi) is 3.46. The lowest BCUT2D eigenvalue weighted by atomic mass is 10.1. The summed E-state index contributed by atoms with van der Waals surface area (Å²) in [6.45, 7) is 3.31. The van der Waals surface area contributed by atoms with Crippen molar-refractivity contribution < 1.29 is 8.42 Å². The van der Waals surface area contributed by atoms with E-state index in [4.69, 9.17) is 5.73 Å². The van der Waals surface area contributed by atoms with Crippen molar-refractivity contribution in [3.63, 3.8) is 0 Å². The molecule has 3 rings (SSSR count). The average molecular weight is 306 g/mol. The lowest BCUT2D eigenvalue weighted by Gasteiger charge is -2.27. The first kappa shape index (κ1) is 14.1. The molecule has 0 amide bonds. The highest BCUT2D eigenvalue weighted by atomic mass is 32.2. The smallest absolute Gasteiger partial charge is 0.243 e. The highest BCUT2D eigenvalue weighted by Gasteiger charge is 2.30. The van der Waals surface area contributed by atoms with E-state index < -0.39 is 10.0 Å². The third kappa shape index (κ3) is 2.43. The van der Waals surface area contributed by atoms with Crippen molar-refractivity contribution in [1.82, 2.24) is 13.9 Å². The summed E-state index contributed by atoms with van der Waals surface area (Å²) in [5.41, 5.74) is 7.02. The van der Waals surface area contributed by atoms with Gasteiger partial charge in [0.05, 0.1) is 11.4 Å².